The van der Waals surface area contributed by atoms with Gasteiger partial charge in [-0.3, -0.25) is 9.59 Å². The first-order chi connectivity index (χ1) is 11.1. The Balaban J connectivity index is 2.48. The highest BCUT2D eigenvalue weighted by atomic mass is 35.5. The molecule has 134 valence electrons. The molecule has 1 amide bonds. The number of hydrogen-bond acceptors (Lipinski definition) is 5. The van der Waals surface area contributed by atoms with Crippen molar-refractivity contribution >= 4 is 45.1 Å². The van der Waals surface area contributed by atoms with Gasteiger partial charge in [-0.05, 0) is 24.1 Å². The number of sulfonamides is 1. The summed E-state index contributed by atoms with van der Waals surface area (Å²) < 4.78 is 30.8. The molecule has 0 unspecified atom stereocenters. The van der Waals surface area contributed by atoms with Crippen molar-refractivity contribution in [2.24, 2.45) is 5.92 Å². The number of ether oxygens (including phenoxy) is 1. The molecule has 0 fully saturated rings. The third-order valence-electron chi connectivity index (χ3n) is 2.68. The Labute approximate surface area is 150 Å². The number of esters is 1. The number of carbonyl (C=O) groups is 2. The molecule has 1 aromatic rings. The van der Waals surface area contributed by atoms with Gasteiger partial charge in [0.1, 0.15) is 6.54 Å². The maximum Gasteiger partial charge on any atom is 0.321 e. The highest BCUT2D eigenvalue weighted by Crippen LogP contribution is 2.24. The molecule has 0 aliphatic heterocycles. The fourth-order valence-corrected chi connectivity index (χ4v) is 2.80. The lowest BCUT2D eigenvalue weighted by Gasteiger charge is -2.09. The van der Waals surface area contributed by atoms with Gasteiger partial charge in [-0.2, -0.15) is 4.72 Å². The van der Waals surface area contributed by atoms with Gasteiger partial charge in [-0.15, -0.1) is 0 Å². The molecule has 1 rings (SSSR count). The Bertz CT molecular complexity index is 707. The third-order valence-corrected chi connectivity index (χ3v) is 4.82. The van der Waals surface area contributed by atoms with E-state index >= 15 is 0 Å². The first-order valence-corrected chi connectivity index (χ1v) is 9.22. The summed E-state index contributed by atoms with van der Waals surface area (Å²) in [6.07, 6.45) is 0. The molecule has 2 N–H and O–H groups in total. The second-order valence-corrected chi connectivity index (χ2v) is 7.84. The molecule has 0 heterocycles. The summed E-state index contributed by atoms with van der Waals surface area (Å²) in [6, 6.07) is 3.74. The van der Waals surface area contributed by atoms with Crippen molar-refractivity contribution in [3.63, 3.8) is 0 Å². The molecule has 0 aromatic heterocycles. The number of carbonyl (C=O) groups excluding carboxylic acids is 2. The van der Waals surface area contributed by atoms with Crippen LogP contribution in [0.25, 0.3) is 0 Å². The smallest absolute Gasteiger partial charge is 0.321 e. The Morgan fingerprint density at radius 1 is 1.21 bits per heavy atom. The second-order valence-electron chi connectivity index (χ2n) is 5.26. The molecule has 0 spiro atoms. The predicted molar refractivity (Wildman–Crippen MR) is 90.5 cm³/mol. The first kappa shape index (κ1) is 20.7. The van der Waals surface area contributed by atoms with Crippen molar-refractivity contribution in [1.82, 2.24) is 10.0 Å². The van der Waals surface area contributed by atoms with Crippen molar-refractivity contribution in [2.45, 2.75) is 18.7 Å². The lowest BCUT2D eigenvalue weighted by Crippen LogP contribution is -2.35. The minimum absolute atomic E-state index is 0.0731. The first-order valence-electron chi connectivity index (χ1n) is 6.99. The van der Waals surface area contributed by atoms with Crippen LogP contribution in [-0.2, 0) is 24.3 Å². The summed E-state index contributed by atoms with van der Waals surface area (Å²) in [5.41, 5.74) is 0. The van der Waals surface area contributed by atoms with Crippen LogP contribution in [0.5, 0.6) is 0 Å². The fourth-order valence-electron chi connectivity index (χ4n) is 1.45. The molecular weight excluding hydrogens is 379 g/mol. The normalized spacial score (nSPS) is 11.4. The van der Waals surface area contributed by atoms with E-state index in [1.807, 2.05) is 13.8 Å². The van der Waals surface area contributed by atoms with Gasteiger partial charge in [0.2, 0.25) is 10.0 Å². The summed E-state index contributed by atoms with van der Waals surface area (Å²) in [6.45, 7) is 3.22. The van der Waals surface area contributed by atoms with Crippen LogP contribution >= 0.6 is 23.2 Å². The van der Waals surface area contributed by atoms with Crippen molar-refractivity contribution in [2.75, 3.05) is 19.7 Å². The molecule has 1 aromatic carbocycles. The molecule has 0 saturated heterocycles. The van der Waals surface area contributed by atoms with Crippen LogP contribution < -0.4 is 10.0 Å². The van der Waals surface area contributed by atoms with E-state index < -0.39 is 35.1 Å². The molecule has 7 nitrogen and oxygen atoms in total. The van der Waals surface area contributed by atoms with Gasteiger partial charge in [0.15, 0.2) is 6.61 Å². The van der Waals surface area contributed by atoms with Crippen LogP contribution in [0.3, 0.4) is 0 Å². The summed E-state index contributed by atoms with van der Waals surface area (Å²) in [5, 5.41) is 2.85. The van der Waals surface area contributed by atoms with E-state index in [9.17, 15) is 18.0 Å². The SMILES string of the molecule is CC(C)CNC(=O)COC(=O)CNS(=O)(=O)c1ccc(Cl)c(Cl)c1. The van der Waals surface area contributed by atoms with Crippen LogP contribution in [0.4, 0.5) is 0 Å². The topological polar surface area (TPSA) is 102 Å². The van der Waals surface area contributed by atoms with Crippen molar-refractivity contribution in [1.29, 1.82) is 0 Å². The van der Waals surface area contributed by atoms with Crippen molar-refractivity contribution in [3.05, 3.63) is 28.2 Å². The number of amides is 1. The Hall–Kier alpha value is -1.35. The van der Waals surface area contributed by atoms with Crippen molar-refractivity contribution < 1.29 is 22.7 Å². The predicted octanol–water partition coefficient (Wildman–Crippen LogP) is 1.59. The van der Waals surface area contributed by atoms with Crippen LogP contribution in [0.15, 0.2) is 23.1 Å². The minimum atomic E-state index is -3.95. The van der Waals surface area contributed by atoms with Gasteiger partial charge in [0, 0.05) is 6.54 Å². The summed E-state index contributed by atoms with van der Waals surface area (Å²) in [7, 11) is -3.95. The van der Waals surface area contributed by atoms with Crippen LogP contribution in [0, 0.1) is 5.92 Å². The van der Waals surface area contributed by atoms with Crippen LogP contribution in [-0.4, -0.2) is 40.0 Å². The average molecular weight is 397 g/mol. The number of hydrogen-bond donors (Lipinski definition) is 2. The third kappa shape index (κ3) is 7.04. The molecular formula is C14H18Cl2N2O5S. The maximum atomic E-state index is 12.0. The molecule has 0 radical (unpaired) electrons. The molecule has 0 saturated carbocycles. The summed E-state index contributed by atoms with van der Waals surface area (Å²) in [4.78, 5) is 22.8. The Kier molecular flexibility index (Phi) is 7.95. The van der Waals surface area contributed by atoms with E-state index in [0.29, 0.717) is 6.54 Å². The zero-order valence-corrected chi connectivity index (χ0v) is 15.5. The lowest BCUT2D eigenvalue weighted by atomic mass is 10.2. The molecule has 0 aliphatic carbocycles. The summed E-state index contributed by atoms with van der Waals surface area (Å²) in [5.74, 6) is -1.06. The van der Waals surface area contributed by atoms with E-state index in [4.69, 9.17) is 23.2 Å². The van der Waals surface area contributed by atoms with Crippen LogP contribution in [0.2, 0.25) is 10.0 Å². The standard InChI is InChI=1S/C14H18Cl2N2O5S/c1-9(2)6-17-13(19)8-23-14(20)7-18-24(21,22)10-3-4-11(15)12(16)5-10/h3-5,9,18H,6-8H2,1-2H3,(H,17,19). The summed E-state index contributed by atoms with van der Waals surface area (Å²) >= 11 is 11.5. The van der Waals surface area contributed by atoms with E-state index in [0.717, 1.165) is 6.07 Å². The van der Waals surface area contributed by atoms with Crippen molar-refractivity contribution in [3.8, 4) is 0 Å². The number of nitrogens with one attached hydrogen (secondary N) is 2. The van der Waals surface area contributed by atoms with E-state index in [-0.39, 0.29) is 20.9 Å². The number of rotatable bonds is 8. The average Bonchev–Trinajstić information content (AvgIpc) is 2.51. The molecule has 24 heavy (non-hydrogen) atoms. The van der Waals surface area contributed by atoms with Gasteiger partial charge in [0.05, 0.1) is 14.9 Å². The number of halogens is 2. The monoisotopic (exact) mass is 396 g/mol. The highest BCUT2D eigenvalue weighted by Gasteiger charge is 2.17. The highest BCUT2D eigenvalue weighted by molar-refractivity contribution is 7.89. The molecule has 10 heteroatoms. The van der Waals surface area contributed by atoms with Gasteiger partial charge < -0.3 is 10.1 Å². The quantitative estimate of drug-likeness (QED) is 0.649. The number of benzene rings is 1. The largest absolute Gasteiger partial charge is 0.455 e. The van der Waals surface area contributed by atoms with E-state index in [1.165, 1.54) is 12.1 Å². The molecule has 0 aliphatic rings. The van der Waals surface area contributed by atoms with Gasteiger partial charge in [-0.25, -0.2) is 8.42 Å². The minimum Gasteiger partial charge on any atom is -0.455 e. The van der Waals surface area contributed by atoms with Gasteiger partial charge in [-0.1, -0.05) is 37.0 Å². The zero-order chi connectivity index (χ0) is 18.3. The van der Waals surface area contributed by atoms with E-state index in [1.54, 1.807) is 0 Å². The molecule has 0 atom stereocenters. The second kappa shape index (κ2) is 9.22. The molecule has 0 bridgehead atoms. The zero-order valence-electron chi connectivity index (χ0n) is 13.1. The maximum absolute atomic E-state index is 12.0. The van der Waals surface area contributed by atoms with Gasteiger partial charge in [0.25, 0.3) is 5.91 Å². The lowest BCUT2D eigenvalue weighted by molar-refractivity contribution is -0.147. The Morgan fingerprint density at radius 3 is 2.46 bits per heavy atom. The van der Waals surface area contributed by atoms with Crippen LogP contribution in [0.1, 0.15) is 13.8 Å². The van der Waals surface area contributed by atoms with Gasteiger partial charge >= 0.3 is 5.97 Å². The Morgan fingerprint density at radius 2 is 1.88 bits per heavy atom. The fraction of sp³-hybridized carbons (Fsp3) is 0.429. The van der Waals surface area contributed by atoms with E-state index in [2.05, 4.69) is 14.8 Å².